The van der Waals surface area contributed by atoms with Crippen LogP contribution in [-0.4, -0.2) is 13.1 Å². The average Bonchev–Trinajstić information content (AvgIpc) is 2.95. The molecule has 110 valence electrons. The van der Waals surface area contributed by atoms with E-state index in [-0.39, 0.29) is 0 Å². The normalized spacial score (nSPS) is 13.3. The van der Waals surface area contributed by atoms with Gasteiger partial charge in [0.15, 0.2) is 0 Å². The fraction of sp³-hybridized carbons (Fsp3) is 0.333. The zero-order valence-corrected chi connectivity index (χ0v) is 12.8. The van der Waals surface area contributed by atoms with Gasteiger partial charge in [-0.05, 0) is 55.3 Å². The van der Waals surface area contributed by atoms with Gasteiger partial charge >= 0.3 is 0 Å². The molecule has 0 unspecified atom stereocenters. The Kier molecular flexibility index (Phi) is 3.74. The molecule has 0 saturated carbocycles. The highest BCUT2D eigenvalue weighted by Gasteiger charge is 2.20. The molecule has 1 aliphatic heterocycles. The minimum absolute atomic E-state index is 0.909. The summed E-state index contributed by atoms with van der Waals surface area (Å²) in [6.45, 7) is 8.33. The van der Waals surface area contributed by atoms with E-state index >= 15 is 0 Å². The van der Waals surface area contributed by atoms with E-state index in [0.29, 0.717) is 0 Å². The molecule has 0 aliphatic carbocycles. The van der Waals surface area contributed by atoms with Crippen molar-refractivity contribution in [2.75, 3.05) is 28.6 Å². The fourth-order valence-electron chi connectivity index (χ4n) is 3.09. The van der Waals surface area contributed by atoms with Crippen LogP contribution in [0.3, 0.4) is 0 Å². The Morgan fingerprint density at radius 2 is 1.71 bits per heavy atom. The van der Waals surface area contributed by atoms with Gasteiger partial charge in [-0.15, -0.1) is 0 Å². The van der Waals surface area contributed by atoms with Crippen LogP contribution in [0.25, 0.3) is 0 Å². The lowest BCUT2D eigenvalue weighted by atomic mass is 10.1. The molecule has 0 atom stereocenters. The number of nitrogens with zero attached hydrogens (tertiary/aromatic N) is 2. The Labute approximate surface area is 127 Å². The molecule has 0 radical (unpaired) electrons. The molecule has 2 aromatic carbocycles. The first-order valence-corrected chi connectivity index (χ1v) is 7.69. The number of nitrogen functional groups attached to an aromatic ring is 1. The van der Waals surface area contributed by atoms with Gasteiger partial charge in [0.05, 0.1) is 0 Å². The van der Waals surface area contributed by atoms with Crippen LogP contribution in [0.2, 0.25) is 0 Å². The van der Waals surface area contributed by atoms with E-state index in [4.69, 9.17) is 5.73 Å². The molecule has 0 saturated heterocycles. The number of hydrogen-bond donors (Lipinski definition) is 1. The summed E-state index contributed by atoms with van der Waals surface area (Å²) in [4.78, 5) is 4.74. The standard InChI is InChI=1S/C18H23N3/c1-3-20(4-2)15-8-10-16(11-9-15)21-12-14-6-5-7-18(19)17(14)13-21/h5-11H,3-4,12-13,19H2,1-2H3. The van der Waals surface area contributed by atoms with Crippen LogP contribution < -0.4 is 15.5 Å². The van der Waals surface area contributed by atoms with Crippen molar-refractivity contribution in [3.63, 3.8) is 0 Å². The van der Waals surface area contributed by atoms with Crippen molar-refractivity contribution in [3.05, 3.63) is 53.6 Å². The van der Waals surface area contributed by atoms with Crippen molar-refractivity contribution in [2.24, 2.45) is 0 Å². The minimum Gasteiger partial charge on any atom is -0.398 e. The second-order valence-corrected chi connectivity index (χ2v) is 5.53. The zero-order chi connectivity index (χ0) is 14.8. The average molecular weight is 281 g/mol. The van der Waals surface area contributed by atoms with Crippen LogP contribution in [-0.2, 0) is 13.1 Å². The van der Waals surface area contributed by atoms with Crippen molar-refractivity contribution >= 4 is 17.1 Å². The van der Waals surface area contributed by atoms with Crippen molar-refractivity contribution < 1.29 is 0 Å². The summed E-state index contributed by atoms with van der Waals surface area (Å²) in [5, 5.41) is 0. The highest BCUT2D eigenvalue weighted by atomic mass is 15.2. The summed E-state index contributed by atoms with van der Waals surface area (Å²) < 4.78 is 0. The minimum atomic E-state index is 0.909. The maximum absolute atomic E-state index is 6.08. The molecule has 21 heavy (non-hydrogen) atoms. The van der Waals surface area contributed by atoms with Gasteiger partial charge in [0.25, 0.3) is 0 Å². The molecular weight excluding hydrogens is 258 g/mol. The van der Waals surface area contributed by atoms with Crippen molar-refractivity contribution in [1.29, 1.82) is 0 Å². The molecule has 2 N–H and O–H groups in total. The molecule has 1 heterocycles. The first kappa shape index (κ1) is 13.8. The highest BCUT2D eigenvalue weighted by molar-refractivity contribution is 5.62. The second-order valence-electron chi connectivity index (χ2n) is 5.53. The Balaban J connectivity index is 1.79. The van der Waals surface area contributed by atoms with E-state index in [1.807, 2.05) is 12.1 Å². The van der Waals surface area contributed by atoms with E-state index in [1.165, 1.54) is 22.5 Å². The molecule has 0 spiro atoms. The lowest BCUT2D eigenvalue weighted by molar-refractivity contribution is 0.861. The van der Waals surface area contributed by atoms with Gasteiger partial charge in [0.2, 0.25) is 0 Å². The van der Waals surface area contributed by atoms with E-state index in [9.17, 15) is 0 Å². The summed E-state index contributed by atoms with van der Waals surface area (Å²) in [6, 6.07) is 15.1. The van der Waals surface area contributed by atoms with E-state index in [0.717, 1.165) is 31.9 Å². The summed E-state index contributed by atoms with van der Waals surface area (Å²) >= 11 is 0. The number of anilines is 3. The van der Waals surface area contributed by atoms with Gasteiger partial charge in [0.1, 0.15) is 0 Å². The lowest BCUT2D eigenvalue weighted by Gasteiger charge is -2.23. The molecule has 3 nitrogen and oxygen atoms in total. The number of benzene rings is 2. The van der Waals surface area contributed by atoms with Crippen molar-refractivity contribution in [3.8, 4) is 0 Å². The van der Waals surface area contributed by atoms with Crippen LogP contribution in [0.5, 0.6) is 0 Å². The van der Waals surface area contributed by atoms with Gasteiger partial charge in [-0.3, -0.25) is 0 Å². The third-order valence-electron chi connectivity index (χ3n) is 4.36. The lowest BCUT2D eigenvalue weighted by Crippen LogP contribution is -2.22. The Morgan fingerprint density at radius 1 is 1.00 bits per heavy atom. The van der Waals surface area contributed by atoms with Crippen LogP contribution in [0, 0.1) is 0 Å². The first-order chi connectivity index (χ1) is 10.2. The molecule has 3 rings (SSSR count). The highest BCUT2D eigenvalue weighted by Crippen LogP contribution is 2.32. The summed E-state index contributed by atoms with van der Waals surface area (Å²) in [5.74, 6) is 0. The third-order valence-corrected chi connectivity index (χ3v) is 4.36. The fourth-order valence-corrected chi connectivity index (χ4v) is 3.09. The molecule has 0 aromatic heterocycles. The van der Waals surface area contributed by atoms with Crippen molar-refractivity contribution in [2.45, 2.75) is 26.9 Å². The maximum atomic E-state index is 6.08. The smallest absolute Gasteiger partial charge is 0.0457 e. The van der Waals surface area contributed by atoms with Gasteiger partial charge < -0.3 is 15.5 Å². The Bertz CT molecular complexity index is 615. The van der Waals surface area contributed by atoms with Crippen LogP contribution in [0.15, 0.2) is 42.5 Å². The van der Waals surface area contributed by atoms with Crippen molar-refractivity contribution in [1.82, 2.24) is 0 Å². The van der Waals surface area contributed by atoms with E-state index in [2.05, 4.69) is 54.0 Å². The molecule has 3 heteroatoms. The number of fused-ring (bicyclic) bond motifs is 1. The Hall–Kier alpha value is -2.16. The summed E-state index contributed by atoms with van der Waals surface area (Å²) in [5.41, 5.74) is 12.2. The van der Waals surface area contributed by atoms with Gasteiger partial charge in [-0.2, -0.15) is 0 Å². The second kappa shape index (κ2) is 5.68. The molecule has 0 amide bonds. The predicted molar refractivity (Wildman–Crippen MR) is 90.7 cm³/mol. The van der Waals surface area contributed by atoms with Gasteiger partial charge in [0, 0.05) is 43.2 Å². The maximum Gasteiger partial charge on any atom is 0.0457 e. The first-order valence-electron chi connectivity index (χ1n) is 7.69. The monoisotopic (exact) mass is 281 g/mol. The number of nitrogens with two attached hydrogens (primary N) is 1. The molecule has 1 aliphatic rings. The predicted octanol–water partition coefficient (Wildman–Crippen LogP) is 3.64. The summed E-state index contributed by atoms with van der Waals surface area (Å²) in [7, 11) is 0. The van der Waals surface area contributed by atoms with Gasteiger partial charge in [-0.25, -0.2) is 0 Å². The topological polar surface area (TPSA) is 32.5 Å². The SMILES string of the molecule is CCN(CC)c1ccc(N2Cc3cccc(N)c3C2)cc1. The van der Waals surface area contributed by atoms with Crippen LogP contribution >= 0.6 is 0 Å². The number of hydrogen-bond acceptors (Lipinski definition) is 3. The van der Waals surface area contributed by atoms with Crippen LogP contribution in [0.4, 0.5) is 17.1 Å². The molecular formula is C18H23N3. The molecule has 0 fully saturated rings. The zero-order valence-electron chi connectivity index (χ0n) is 12.8. The van der Waals surface area contributed by atoms with E-state index in [1.54, 1.807) is 0 Å². The van der Waals surface area contributed by atoms with Gasteiger partial charge in [-0.1, -0.05) is 12.1 Å². The van der Waals surface area contributed by atoms with E-state index < -0.39 is 0 Å². The third kappa shape index (κ3) is 2.56. The number of rotatable bonds is 4. The summed E-state index contributed by atoms with van der Waals surface area (Å²) in [6.07, 6.45) is 0. The van der Waals surface area contributed by atoms with Crippen LogP contribution in [0.1, 0.15) is 25.0 Å². The quantitative estimate of drug-likeness (QED) is 0.869. The molecule has 2 aromatic rings. The molecule has 0 bridgehead atoms. The Morgan fingerprint density at radius 3 is 2.33 bits per heavy atom. The largest absolute Gasteiger partial charge is 0.398 e.